The molecule has 152 valence electrons. The van der Waals surface area contributed by atoms with Crippen LogP contribution in [0.3, 0.4) is 0 Å². The molecule has 29 heavy (non-hydrogen) atoms. The number of nitrogens with zero attached hydrogens (tertiary/aromatic N) is 2. The topological polar surface area (TPSA) is 71.1 Å². The van der Waals surface area contributed by atoms with E-state index in [0.717, 1.165) is 22.7 Å². The number of hydrogen-bond donors (Lipinski definition) is 1. The minimum atomic E-state index is -0.345. The Hall–Kier alpha value is -3.06. The Morgan fingerprint density at radius 3 is 2.69 bits per heavy atom. The number of anilines is 1. The summed E-state index contributed by atoms with van der Waals surface area (Å²) in [7, 11) is 3.94. The zero-order valence-electron chi connectivity index (χ0n) is 16.6. The summed E-state index contributed by atoms with van der Waals surface area (Å²) >= 11 is 0. The van der Waals surface area contributed by atoms with Crippen molar-refractivity contribution in [2.45, 2.75) is 12.5 Å². The van der Waals surface area contributed by atoms with Gasteiger partial charge in [-0.1, -0.05) is 24.3 Å². The van der Waals surface area contributed by atoms with Crippen LogP contribution in [0.5, 0.6) is 11.5 Å². The lowest BCUT2D eigenvalue weighted by Crippen LogP contribution is -2.38. The van der Waals surface area contributed by atoms with E-state index >= 15 is 0 Å². The maximum absolute atomic E-state index is 12.8. The number of likely N-dealkylation sites (N-methyl/N-ethyl adjacent to an activating group) is 1. The average molecular weight is 395 g/mol. The first-order chi connectivity index (χ1) is 14.0. The zero-order valence-corrected chi connectivity index (χ0v) is 16.6. The lowest BCUT2D eigenvalue weighted by molar-refractivity contribution is -0.126. The number of carbonyl (C=O) groups is 2. The number of para-hydroxylation sites is 1. The van der Waals surface area contributed by atoms with E-state index in [4.69, 9.17) is 9.47 Å². The van der Waals surface area contributed by atoms with Crippen LogP contribution in [0, 0.1) is 5.92 Å². The highest BCUT2D eigenvalue weighted by Gasteiger charge is 2.35. The molecule has 1 saturated heterocycles. The monoisotopic (exact) mass is 395 g/mol. The van der Waals surface area contributed by atoms with Crippen molar-refractivity contribution in [2.75, 3.05) is 38.9 Å². The summed E-state index contributed by atoms with van der Waals surface area (Å²) in [5.74, 6) is 1.00. The Kier molecular flexibility index (Phi) is 5.40. The minimum Gasteiger partial charge on any atom is -0.454 e. The fraction of sp³-hybridized carbons (Fsp3) is 0.364. The van der Waals surface area contributed by atoms with Crippen LogP contribution in [0.1, 0.15) is 18.0 Å². The molecule has 2 aromatic carbocycles. The fourth-order valence-electron chi connectivity index (χ4n) is 3.80. The van der Waals surface area contributed by atoms with Gasteiger partial charge in [0.25, 0.3) is 0 Å². The van der Waals surface area contributed by atoms with Gasteiger partial charge in [0.15, 0.2) is 11.5 Å². The second-order valence-electron chi connectivity index (χ2n) is 7.58. The van der Waals surface area contributed by atoms with Gasteiger partial charge in [-0.05, 0) is 43.9 Å². The molecule has 0 aromatic heterocycles. The molecule has 2 heterocycles. The summed E-state index contributed by atoms with van der Waals surface area (Å²) in [5.41, 5.74) is 1.87. The standard InChI is InChI=1S/C22H25N3O4/c1-24(2)18(15-8-9-19-20(10-15)29-14-28-19)12-23-22(27)16-11-21(26)25(13-16)17-6-4-3-5-7-17/h3-10,16,18H,11-14H2,1-2H3,(H,23,27). The van der Waals surface area contributed by atoms with E-state index in [9.17, 15) is 9.59 Å². The van der Waals surface area contributed by atoms with Gasteiger partial charge in [0.05, 0.1) is 12.0 Å². The van der Waals surface area contributed by atoms with Crippen molar-refractivity contribution in [1.29, 1.82) is 0 Å². The van der Waals surface area contributed by atoms with Gasteiger partial charge in [-0.25, -0.2) is 0 Å². The Balaban J connectivity index is 1.39. The van der Waals surface area contributed by atoms with Crippen LogP contribution in [0.15, 0.2) is 48.5 Å². The molecule has 0 aliphatic carbocycles. The molecule has 2 aliphatic rings. The Morgan fingerprint density at radius 2 is 1.93 bits per heavy atom. The molecule has 2 atom stereocenters. The van der Waals surface area contributed by atoms with Crippen LogP contribution in [-0.2, 0) is 9.59 Å². The van der Waals surface area contributed by atoms with Gasteiger partial charge in [0.2, 0.25) is 18.6 Å². The average Bonchev–Trinajstić information content (AvgIpc) is 3.34. The summed E-state index contributed by atoms with van der Waals surface area (Å²) < 4.78 is 10.8. The first-order valence-electron chi connectivity index (χ1n) is 9.72. The van der Waals surface area contributed by atoms with Crippen LogP contribution in [0.25, 0.3) is 0 Å². The molecule has 2 aromatic rings. The van der Waals surface area contributed by atoms with Gasteiger partial charge in [0, 0.05) is 25.2 Å². The first kappa shape index (κ1) is 19.3. The van der Waals surface area contributed by atoms with Crippen molar-refractivity contribution >= 4 is 17.5 Å². The predicted octanol–water partition coefficient (Wildman–Crippen LogP) is 2.19. The molecule has 0 bridgehead atoms. The lowest BCUT2D eigenvalue weighted by Gasteiger charge is -2.26. The van der Waals surface area contributed by atoms with Crippen molar-refractivity contribution < 1.29 is 19.1 Å². The van der Waals surface area contributed by atoms with E-state index in [1.807, 2.05) is 67.5 Å². The van der Waals surface area contributed by atoms with Crippen molar-refractivity contribution in [2.24, 2.45) is 5.92 Å². The molecule has 1 N–H and O–H groups in total. The number of amides is 2. The number of benzene rings is 2. The Bertz CT molecular complexity index is 900. The molecular weight excluding hydrogens is 370 g/mol. The molecule has 7 heteroatoms. The third kappa shape index (κ3) is 4.05. The van der Waals surface area contributed by atoms with Gasteiger partial charge in [0.1, 0.15) is 0 Å². The van der Waals surface area contributed by atoms with Crippen LogP contribution in [-0.4, -0.2) is 50.7 Å². The van der Waals surface area contributed by atoms with Crippen molar-refractivity contribution in [3.05, 3.63) is 54.1 Å². The van der Waals surface area contributed by atoms with Crippen LogP contribution >= 0.6 is 0 Å². The molecular formula is C22H25N3O4. The summed E-state index contributed by atoms with van der Waals surface area (Å²) in [6, 6.07) is 15.3. The number of ether oxygens (including phenoxy) is 2. The van der Waals surface area contributed by atoms with Gasteiger partial charge >= 0.3 is 0 Å². The highest BCUT2D eigenvalue weighted by atomic mass is 16.7. The fourth-order valence-corrected chi connectivity index (χ4v) is 3.80. The molecule has 1 fully saturated rings. The number of carbonyl (C=O) groups excluding carboxylic acids is 2. The number of hydrogen-bond acceptors (Lipinski definition) is 5. The predicted molar refractivity (Wildman–Crippen MR) is 109 cm³/mol. The SMILES string of the molecule is CN(C)C(CNC(=O)C1CC(=O)N(c2ccccc2)C1)c1ccc2c(c1)OCO2. The largest absolute Gasteiger partial charge is 0.454 e. The maximum atomic E-state index is 12.8. The maximum Gasteiger partial charge on any atom is 0.231 e. The van der Waals surface area contributed by atoms with Crippen molar-refractivity contribution in [1.82, 2.24) is 10.2 Å². The minimum absolute atomic E-state index is 0.0173. The molecule has 2 aliphatic heterocycles. The number of fused-ring (bicyclic) bond motifs is 1. The van der Waals surface area contributed by atoms with Crippen molar-refractivity contribution in [3.63, 3.8) is 0 Å². The van der Waals surface area contributed by atoms with Crippen molar-refractivity contribution in [3.8, 4) is 11.5 Å². The van der Waals surface area contributed by atoms with E-state index in [2.05, 4.69) is 5.32 Å². The summed E-state index contributed by atoms with van der Waals surface area (Å²) in [6.07, 6.45) is 0.234. The Morgan fingerprint density at radius 1 is 1.17 bits per heavy atom. The number of nitrogens with one attached hydrogen (secondary N) is 1. The van der Waals surface area contributed by atoms with Crippen LogP contribution in [0.2, 0.25) is 0 Å². The summed E-state index contributed by atoms with van der Waals surface area (Å²) in [5, 5.41) is 3.03. The van der Waals surface area contributed by atoms with Gasteiger partial charge in [-0.2, -0.15) is 0 Å². The summed E-state index contributed by atoms with van der Waals surface area (Å²) in [6.45, 7) is 1.09. The molecule has 4 rings (SSSR count). The Labute approximate surface area is 170 Å². The highest BCUT2D eigenvalue weighted by molar-refractivity contribution is 6.00. The first-order valence-corrected chi connectivity index (χ1v) is 9.72. The van der Waals surface area contributed by atoms with E-state index in [0.29, 0.717) is 13.1 Å². The molecule has 2 amide bonds. The quantitative estimate of drug-likeness (QED) is 0.812. The van der Waals surface area contributed by atoms with Gasteiger partial charge in [-0.15, -0.1) is 0 Å². The van der Waals surface area contributed by atoms with Crippen LogP contribution < -0.4 is 19.7 Å². The molecule has 0 radical (unpaired) electrons. The third-order valence-electron chi connectivity index (χ3n) is 5.44. The molecule has 2 unspecified atom stereocenters. The lowest BCUT2D eigenvalue weighted by atomic mass is 10.0. The number of rotatable bonds is 6. The molecule has 0 saturated carbocycles. The van der Waals surface area contributed by atoms with Gasteiger partial charge in [-0.3, -0.25) is 9.59 Å². The molecule has 7 nitrogen and oxygen atoms in total. The normalized spacial score (nSPS) is 18.9. The molecule has 0 spiro atoms. The van der Waals surface area contributed by atoms with E-state index in [1.54, 1.807) is 4.90 Å². The van der Waals surface area contributed by atoms with Gasteiger partial charge < -0.3 is 24.6 Å². The summed E-state index contributed by atoms with van der Waals surface area (Å²) in [4.78, 5) is 28.9. The second kappa shape index (κ2) is 8.13. The van der Waals surface area contributed by atoms with Crippen LogP contribution in [0.4, 0.5) is 5.69 Å². The van der Waals surface area contributed by atoms with E-state index in [1.165, 1.54) is 0 Å². The smallest absolute Gasteiger partial charge is 0.231 e. The third-order valence-corrected chi connectivity index (χ3v) is 5.44. The van der Waals surface area contributed by atoms with E-state index < -0.39 is 0 Å². The second-order valence-corrected chi connectivity index (χ2v) is 7.58. The highest BCUT2D eigenvalue weighted by Crippen LogP contribution is 2.35. The van der Waals surface area contributed by atoms with E-state index in [-0.39, 0.29) is 37.0 Å². The zero-order chi connectivity index (χ0) is 20.4.